The summed E-state index contributed by atoms with van der Waals surface area (Å²) in [6, 6.07) is 19.4. The maximum Gasteiger partial charge on any atom is 0.215 e. The van der Waals surface area contributed by atoms with E-state index in [1.165, 1.54) is 0 Å². The number of phenolic OH excluding ortho intramolecular Hbond substituents is 1. The van der Waals surface area contributed by atoms with Gasteiger partial charge in [0.05, 0.1) is 11.8 Å². The van der Waals surface area contributed by atoms with E-state index in [2.05, 4.69) is 11.1 Å². The summed E-state index contributed by atoms with van der Waals surface area (Å²) in [6.07, 6.45) is 4.01. The quantitative estimate of drug-likeness (QED) is 0.763. The van der Waals surface area contributed by atoms with Gasteiger partial charge in [0.25, 0.3) is 0 Å². The number of aromatic nitrogens is 1. The van der Waals surface area contributed by atoms with Gasteiger partial charge in [-0.2, -0.15) is 5.10 Å². The van der Waals surface area contributed by atoms with Gasteiger partial charge in [-0.25, -0.2) is 5.01 Å². The van der Waals surface area contributed by atoms with Crippen molar-refractivity contribution in [3.05, 3.63) is 89.7 Å². The Balaban J connectivity index is 1.60. The second-order valence-electron chi connectivity index (χ2n) is 6.49. The third-order valence-electron chi connectivity index (χ3n) is 4.85. The van der Waals surface area contributed by atoms with E-state index in [9.17, 15) is 5.11 Å². The molecule has 0 saturated carbocycles. The van der Waals surface area contributed by atoms with Crippen molar-refractivity contribution >= 4 is 5.71 Å². The fraction of sp³-hybridized carbons (Fsp3) is 0.143. The first-order chi connectivity index (χ1) is 12.8. The fourth-order valence-corrected chi connectivity index (χ4v) is 3.64. The molecule has 0 aliphatic carbocycles. The SMILES string of the molecule is Oc1cccc(C2=NN3[C@@H](c4cccnc4)Oc4ccccc4[C@@H]3C2)c1. The lowest BCUT2D eigenvalue weighted by Gasteiger charge is -2.38. The van der Waals surface area contributed by atoms with Crippen molar-refractivity contribution in [1.29, 1.82) is 0 Å². The molecule has 1 N–H and O–H groups in total. The molecule has 0 fully saturated rings. The smallest absolute Gasteiger partial charge is 0.215 e. The van der Waals surface area contributed by atoms with Crippen molar-refractivity contribution < 1.29 is 9.84 Å². The van der Waals surface area contributed by atoms with E-state index in [1.807, 2.05) is 53.7 Å². The van der Waals surface area contributed by atoms with Crippen LogP contribution in [-0.4, -0.2) is 20.8 Å². The average molecular weight is 343 g/mol. The Morgan fingerprint density at radius 1 is 1.04 bits per heavy atom. The Kier molecular flexibility index (Phi) is 3.38. The van der Waals surface area contributed by atoms with Crippen LogP contribution >= 0.6 is 0 Å². The summed E-state index contributed by atoms with van der Waals surface area (Å²) in [5, 5.41) is 16.7. The Morgan fingerprint density at radius 3 is 2.81 bits per heavy atom. The maximum atomic E-state index is 9.82. The molecule has 0 bridgehead atoms. The molecule has 0 unspecified atom stereocenters. The number of fused-ring (bicyclic) bond motifs is 3. The highest BCUT2D eigenvalue weighted by atomic mass is 16.5. The Labute approximate surface area is 151 Å². The minimum Gasteiger partial charge on any atom is -0.508 e. The van der Waals surface area contributed by atoms with Crippen LogP contribution in [-0.2, 0) is 0 Å². The molecule has 128 valence electrons. The highest BCUT2D eigenvalue weighted by Crippen LogP contribution is 2.47. The van der Waals surface area contributed by atoms with Crippen LogP contribution in [0.3, 0.4) is 0 Å². The second-order valence-corrected chi connectivity index (χ2v) is 6.49. The lowest BCUT2D eigenvalue weighted by molar-refractivity contribution is -0.0192. The molecule has 5 heteroatoms. The Bertz CT molecular complexity index is 987. The van der Waals surface area contributed by atoms with Crippen molar-refractivity contribution in [3.63, 3.8) is 0 Å². The molecule has 2 aliphatic rings. The largest absolute Gasteiger partial charge is 0.508 e. The molecule has 2 aromatic carbocycles. The van der Waals surface area contributed by atoms with E-state index >= 15 is 0 Å². The van der Waals surface area contributed by atoms with Crippen molar-refractivity contribution in [2.75, 3.05) is 0 Å². The molecule has 26 heavy (non-hydrogen) atoms. The van der Waals surface area contributed by atoms with Gasteiger partial charge >= 0.3 is 0 Å². The summed E-state index contributed by atoms with van der Waals surface area (Å²) in [5.74, 6) is 1.13. The van der Waals surface area contributed by atoms with Gasteiger partial charge in [0, 0.05) is 35.5 Å². The molecule has 0 spiro atoms. The molecular weight excluding hydrogens is 326 g/mol. The molecule has 3 heterocycles. The van der Waals surface area contributed by atoms with Gasteiger partial charge in [-0.3, -0.25) is 4.98 Å². The molecule has 0 radical (unpaired) electrons. The highest BCUT2D eigenvalue weighted by molar-refractivity contribution is 6.02. The second kappa shape index (κ2) is 5.88. The third-order valence-corrected chi connectivity index (χ3v) is 4.85. The van der Waals surface area contributed by atoms with Crippen LogP contribution in [0.4, 0.5) is 0 Å². The first-order valence-electron chi connectivity index (χ1n) is 8.60. The van der Waals surface area contributed by atoms with Crippen LogP contribution in [0.2, 0.25) is 0 Å². The Morgan fingerprint density at radius 2 is 1.96 bits per heavy atom. The van der Waals surface area contributed by atoms with Crippen molar-refractivity contribution in [3.8, 4) is 11.5 Å². The average Bonchev–Trinajstić information content (AvgIpc) is 3.14. The van der Waals surface area contributed by atoms with Crippen LogP contribution < -0.4 is 4.74 Å². The molecule has 0 amide bonds. The highest BCUT2D eigenvalue weighted by Gasteiger charge is 2.40. The predicted octanol–water partition coefficient (Wildman–Crippen LogP) is 4.03. The number of pyridine rings is 1. The topological polar surface area (TPSA) is 58.0 Å². The van der Waals surface area contributed by atoms with Crippen LogP contribution in [0.1, 0.15) is 35.4 Å². The van der Waals surface area contributed by atoms with Gasteiger partial charge in [0.1, 0.15) is 11.5 Å². The molecule has 2 atom stereocenters. The zero-order chi connectivity index (χ0) is 17.5. The number of aromatic hydroxyl groups is 1. The zero-order valence-corrected chi connectivity index (χ0v) is 14.0. The number of para-hydroxylation sites is 1. The van der Waals surface area contributed by atoms with Gasteiger partial charge < -0.3 is 9.84 Å². The minimum absolute atomic E-state index is 0.0995. The summed E-state index contributed by atoms with van der Waals surface area (Å²) in [5.41, 5.74) is 3.97. The van der Waals surface area contributed by atoms with E-state index in [0.29, 0.717) is 0 Å². The lowest BCUT2D eigenvalue weighted by atomic mass is 9.96. The Hall–Kier alpha value is -3.34. The normalized spacial score (nSPS) is 20.8. The number of hydrogen-bond donors (Lipinski definition) is 1. The molecule has 0 saturated heterocycles. The van der Waals surface area contributed by atoms with E-state index in [1.54, 1.807) is 18.3 Å². The monoisotopic (exact) mass is 343 g/mol. The van der Waals surface area contributed by atoms with E-state index < -0.39 is 0 Å². The number of benzene rings is 2. The molecule has 2 aliphatic heterocycles. The molecule has 5 nitrogen and oxygen atoms in total. The van der Waals surface area contributed by atoms with E-state index in [4.69, 9.17) is 9.84 Å². The molecule has 3 aromatic rings. The number of hydrazone groups is 1. The first-order valence-corrected chi connectivity index (χ1v) is 8.60. The summed E-state index contributed by atoms with van der Waals surface area (Å²) < 4.78 is 6.27. The van der Waals surface area contributed by atoms with Gasteiger partial charge in [0.2, 0.25) is 6.23 Å². The maximum absolute atomic E-state index is 9.82. The number of phenols is 1. The lowest BCUT2D eigenvalue weighted by Crippen LogP contribution is -2.33. The minimum atomic E-state index is -0.321. The number of nitrogens with zero attached hydrogens (tertiary/aromatic N) is 3. The molecular formula is C21H17N3O2. The van der Waals surface area contributed by atoms with Crippen LogP contribution in [0, 0.1) is 0 Å². The summed E-state index contributed by atoms with van der Waals surface area (Å²) >= 11 is 0. The zero-order valence-electron chi connectivity index (χ0n) is 14.0. The summed E-state index contributed by atoms with van der Waals surface area (Å²) in [4.78, 5) is 4.23. The fourth-order valence-electron chi connectivity index (χ4n) is 3.64. The van der Waals surface area contributed by atoms with E-state index in [-0.39, 0.29) is 18.0 Å². The first kappa shape index (κ1) is 15.0. The number of rotatable bonds is 2. The van der Waals surface area contributed by atoms with Crippen LogP contribution in [0.5, 0.6) is 11.5 Å². The summed E-state index contributed by atoms with van der Waals surface area (Å²) in [7, 11) is 0. The third kappa shape index (κ3) is 2.40. The van der Waals surface area contributed by atoms with Crippen molar-refractivity contribution in [2.24, 2.45) is 5.10 Å². The van der Waals surface area contributed by atoms with Gasteiger partial charge in [-0.15, -0.1) is 0 Å². The van der Waals surface area contributed by atoms with Crippen molar-refractivity contribution in [1.82, 2.24) is 9.99 Å². The predicted molar refractivity (Wildman–Crippen MR) is 97.9 cm³/mol. The van der Waals surface area contributed by atoms with Gasteiger partial charge in [0.15, 0.2) is 0 Å². The number of hydrogen-bond acceptors (Lipinski definition) is 5. The van der Waals surface area contributed by atoms with Crippen LogP contribution in [0.25, 0.3) is 0 Å². The van der Waals surface area contributed by atoms with Gasteiger partial charge in [-0.05, 0) is 24.3 Å². The number of ether oxygens (including phenoxy) is 1. The van der Waals surface area contributed by atoms with Crippen molar-refractivity contribution in [2.45, 2.75) is 18.7 Å². The van der Waals surface area contributed by atoms with Gasteiger partial charge in [-0.1, -0.05) is 36.4 Å². The molecule has 1 aromatic heterocycles. The summed E-state index contributed by atoms with van der Waals surface area (Å²) in [6.45, 7) is 0. The van der Waals surface area contributed by atoms with E-state index in [0.717, 1.165) is 34.6 Å². The molecule has 5 rings (SSSR count). The standard InChI is InChI=1S/C21H17N3O2/c25-16-7-3-5-14(11-16)18-12-19-17-8-1-2-9-20(17)26-21(24(19)23-18)15-6-4-10-22-13-15/h1-11,13,19,21,25H,12H2/t19-,21+/m0/s1. The van der Waals surface area contributed by atoms with Crippen LogP contribution in [0.15, 0.2) is 78.2 Å².